The zero-order valence-corrected chi connectivity index (χ0v) is 9.30. The van der Waals surface area contributed by atoms with Crippen molar-refractivity contribution in [2.45, 2.75) is 13.5 Å². The number of amides is 1. The fourth-order valence-electron chi connectivity index (χ4n) is 1.37. The van der Waals surface area contributed by atoms with Gasteiger partial charge >= 0.3 is 0 Å². The number of carbonyl (C=O) groups excluding carboxylic acids is 1. The van der Waals surface area contributed by atoms with Gasteiger partial charge in [-0.3, -0.25) is 9.78 Å². The normalized spacial score (nSPS) is 10.2. The SMILES string of the molecule is Cc1cc(CNc2ccnc(C(N)=O)c2)no1. The number of pyridine rings is 1. The lowest BCUT2D eigenvalue weighted by molar-refractivity contribution is 0.0995. The molecule has 2 aromatic heterocycles. The minimum absolute atomic E-state index is 0.228. The largest absolute Gasteiger partial charge is 0.379 e. The predicted molar refractivity (Wildman–Crippen MR) is 61.3 cm³/mol. The Hall–Kier alpha value is -2.37. The monoisotopic (exact) mass is 232 g/mol. The van der Waals surface area contributed by atoms with Crippen LogP contribution in [0.1, 0.15) is 21.9 Å². The molecule has 3 N–H and O–H groups in total. The first-order valence-corrected chi connectivity index (χ1v) is 5.07. The number of anilines is 1. The van der Waals surface area contributed by atoms with Crippen molar-refractivity contribution in [1.82, 2.24) is 10.1 Å². The van der Waals surface area contributed by atoms with E-state index in [1.807, 2.05) is 13.0 Å². The van der Waals surface area contributed by atoms with Gasteiger partial charge in [0.2, 0.25) is 0 Å². The lowest BCUT2D eigenvalue weighted by atomic mass is 10.3. The van der Waals surface area contributed by atoms with Crippen LogP contribution in [0.15, 0.2) is 28.9 Å². The Morgan fingerprint density at radius 2 is 2.35 bits per heavy atom. The van der Waals surface area contributed by atoms with E-state index in [0.717, 1.165) is 17.1 Å². The number of carbonyl (C=O) groups is 1. The Kier molecular flexibility index (Phi) is 3.04. The van der Waals surface area contributed by atoms with Gasteiger partial charge in [-0.25, -0.2) is 0 Å². The maximum atomic E-state index is 10.9. The van der Waals surface area contributed by atoms with Crippen molar-refractivity contribution in [1.29, 1.82) is 0 Å². The van der Waals surface area contributed by atoms with E-state index in [9.17, 15) is 4.79 Å². The van der Waals surface area contributed by atoms with Crippen LogP contribution in [0.5, 0.6) is 0 Å². The lowest BCUT2D eigenvalue weighted by Gasteiger charge is -2.04. The minimum atomic E-state index is -0.550. The number of hydrogen-bond acceptors (Lipinski definition) is 5. The van der Waals surface area contributed by atoms with E-state index in [1.54, 1.807) is 12.1 Å². The molecular weight excluding hydrogens is 220 g/mol. The maximum Gasteiger partial charge on any atom is 0.267 e. The Morgan fingerprint density at radius 1 is 1.53 bits per heavy atom. The van der Waals surface area contributed by atoms with E-state index < -0.39 is 5.91 Å². The topological polar surface area (TPSA) is 94.0 Å². The highest BCUT2D eigenvalue weighted by atomic mass is 16.5. The second-order valence-corrected chi connectivity index (χ2v) is 3.58. The van der Waals surface area contributed by atoms with Crippen LogP contribution in [0.3, 0.4) is 0 Å². The van der Waals surface area contributed by atoms with Gasteiger partial charge in [0, 0.05) is 18.0 Å². The van der Waals surface area contributed by atoms with Crippen molar-refractivity contribution >= 4 is 11.6 Å². The molecule has 0 saturated heterocycles. The van der Waals surface area contributed by atoms with E-state index in [-0.39, 0.29) is 5.69 Å². The van der Waals surface area contributed by atoms with Gasteiger partial charge in [-0.05, 0) is 19.1 Å². The minimum Gasteiger partial charge on any atom is -0.379 e. The molecule has 1 amide bonds. The maximum absolute atomic E-state index is 10.9. The van der Waals surface area contributed by atoms with Gasteiger partial charge in [-0.15, -0.1) is 0 Å². The highest BCUT2D eigenvalue weighted by molar-refractivity contribution is 5.91. The quantitative estimate of drug-likeness (QED) is 0.822. The molecule has 0 saturated carbocycles. The van der Waals surface area contributed by atoms with Crippen molar-refractivity contribution in [2.75, 3.05) is 5.32 Å². The van der Waals surface area contributed by atoms with Gasteiger partial charge in [0.15, 0.2) is 0 Å². The number of nitrogens with zero attached hydrogens (tertiary/aromatic N) is 2. The molecule has 0 spiro atoms. The smallest absolute Gasteiger partial charge is 0.267 e. The van der Waals surface area contributed by atoms with E-state index in [4.69, 9.17) is 10.3 Å². The van der Waals surface area contributed by atoms with Crippen LogP contribution in [0.2, 0.25) is 0 Å². The fourth-order valence-corrected chi connectivity index (χ4v) is 1.37. The van der Waals surface area contributed by atoms with Gasteiger partial charge in [0.25, 0.3) is 5.91 Å². The van der Waals surface area contributed by atoms with Crippen molar-refractivity contribution in [3.05, 3.63) is 41.5 Å². The Bertz CT molecular complexity index is 536. The van der Waals surface area contributed by atoms with Crippen molar-refractivity contribution in [3.63, 3.8) is 0 Å². The molecule has 2 aromatic rings. The molecular formula is C11H12N4O2. The molecule has 6 heteroatoms. The molecule has 6 nitrogen and oxygen atoms in total. The summed E-state index contributed by atoms with van der Waals surface area (Å²) in [6.07, 6.45) is 1.52. The second kappa shape index (κ2) is 4.65. The average molecular weight is 232 g/mol. The summed E-state index contributed by atoms with van der Waals surface area (Å²) in [7, 11) is 0. The molecule has 0 bridgehead atoms. The van der Waals surface area contributed by atoms with E-state index >= 15 is 0 Å². The Morgan fingerprint density at radius 3 is 3.00 bits per heavy atom. The number of hydrogen-bond donors (Lipinski definition) is 2. The predicted octanol–water partition coefficient (Wildman–Crippen LogP) is 1.09. The third-order valence-corrected chi connectivity index (χ3v) is 2.16. The molecule has 0 unspecified atom stereocenters. The highest BCUT2D eigenvalue weighted by Gasteiger charge is 2.04. The van der Waals surface area contributed by atoms with Gasteiger partial charge in [-0.2, -0.15) is 0 Å². The van der Waals surface area contributed by atoms with Crippen LogP contribution in [0.4, 0.5) is 5.69 Å². The number of primary amides is 1. The fraction of sp³-hybridized carbons (Fsp3) is 0.182. The van der Waals surface area contributed by atoms with E-state index in [2.05, 4.69) is 15.5 Å². The van der Waals surface area contributed by atoms with Crippen LogP contribution < -0.4 is 11.1 Å². The number of nitrogens with one attached hydrogen (secondary N) is 1. The molecule has 0 aromatic carbocycles. The highest BCUT2D eigenvalue weighted by Crippen LogP contribution is 2.10. The molecule has 0 aliphatic carbocycles. The van der Waals surface area contributed by atoms with Crippen molar-refractivity contribution < 1.29 is 9.32 Å². The van der Waals surface area contributed by atoms with E-state index in [1.165, 1.54) is 6.20 Å². The van der Waals surface area contributed by atoms with Crippen LogP contribution in [-0.2, 0) is 6.54 Å². The molecule has 0 aliphatic heterocycles. The summed E-state index contributed by atoms with van der Waals surface area (Å²) in [6, 6.07) is 5.18. The summed E-state index contributed by atoms with van der Waals surface area (Å²) >= 11 is 0. The average Bonchev–Trinajstić information content (AvgIpc) is 2.73. The van der Waals surface area contributed by atoms with Crippen molar-refractivity contribution in [2.24, 2.45) is 5.73 Å². The Balaban J connectivity index is 2.04. The first-order valence-electron chi connectivity index (χ1n) is 5.07. The number of aryl methyl sites for hydroxylation is 1. The molecule has 0 aliphatic rings. The summed E-state index contributed by atoms with van der Waals surface area (Å²) < 4.78 is 4.94. The van der Waals surface area contributed by atoms with Gasteiger partial charge in [0.1, 0.15) is 17.1 Å². The first kappa shape index (κ1) is 11.1. The van der Waals surface area contributed by atoms with Gasteiger partial charge < -0.3 is 15.6 Å². The molecule has 2 rings (SSSR count). The zero-order chi connectivity index (χ0) is 12.3. The third-order valence-electron chi connectivity index (χ3n) is 2.16. The molecule has 88 valence electrons. The van der Waals surface area contributed by atoms with E-state index in [0.29, 0.717) is 6.54 Å². The van der Waals surface area contributed by atoms with Crippen molar-refractivity contribution in [3.8, 4) is 0 Å². The van der Waals surface area contributed by atoms with Crippen LogP contribution in [-0.4, -0.2) is 16.0 Å². The number of nitrogens with two attached hydrogens (primary N) is 1. The zero-order valence-electron chi connectivity index (χ0n) is 9.30. The second-order valence-electron chi connectivity index (χ2n) is 3.58. The molecule has 0 atom stereocenters. The van der Waals surface area contributed by atoms with Crippen LogP contribution >= 0.6 is 0 Å². The Labute approximate surface area is 97.8 Å². The third kappa shape index (κ3) is 2.81. The molecule has 2 heterocycles. The van der Waals surface area contributed by atoms with Gasteiger partial charge in [-0.1, -0.05) is 5.16 Å². The van der Waals surface area contributed by atoms with Gasteiger partial charge in [0.05, 0.1) is 6.54 Å². The van der Waals surface area contributed by atoms with Crippen LogP contribution in [0.25, 0.3) is 0 Å². The summed E-state index contributed by atoms with van der Waals surface area (Å²) in [5, 5.41) is 6.94. The summed E-state index contributed by atoms with van der Waals surface area (Å²) in [4.78, 5) is 14.8. The summed E-state index contributed by atoms with van der Waals surface area (Å²) in [6.45, 7) is 2.34. The lowest BCUT2D eigenvalue weighted by Crippen LogP contribution is -2.13. The molecule has 17 heavy (non-hydrogen) atoms. The first-order chi connectivity index (χ1) is 8.15. The van der Waals surface area contributed by atoms with Crippen LogP contribution in [0, 0.1) is 6.92 Å². The number of aromatic nitrogens is 2. The summed E-state index contributed by atoms with van der Waals surface area (Å²) in [5.74, 6) is 0.209. The molecule has 0 radical (unpaired) electrons. The standard InChI is InChI=1S/C11H12N4O2/c1-7-4-9(15-17-7)6-14-8-2-3-13-10(5-8)11(12)16/h2-5H,6H2,1H3,(H2,12,16)(H,13,14). The number of rotatable bonds is 4. The summed E-state index contributed by atoms with van der Waals surface area (Å²) in [5.41, 5.74) is 6.92. The molecule has 0 fully saturated rings.